The molecule has 0 radical (unpaired) electrons. The van der Waals surface area contributed by atoms with Crippen LogP contribution >= 0.6 is 11.3 Å². The monoisotopic (exact) mass is 405 g/mol. The standard InChI is InChI=1S/C20H19N7OS/c21-26-19(27-22)13-5-3-12(4-6-13)17-16(15-7-9-29-11-15)18(25-20(28)24-17)14-2-1-8-23-10-14/h1-11,16-17H,21-22H2,(H,24,28)(H,26,27). The number of amides is 2. The zero-order chi connectivity index (χ0) is 20.2. The van der Waals surface area contributed by atoms with Gasteiger partial charge in [0.05, 0.1) is 17.7 Å². The first-order valence-electron chi connectivity index (χ1n) is 8.87. The van der Waals surface area contributed by atoms with Crippen molar-refractivity contribution in [1.82, 2.24) is 15.7 Å². The van der Waals surface area contributed by atoms with E-state index >= 15 is 0 Å². The summed E-state index contributed by atoms with van der Waals surface area (Å²) in [6.07, 6.45) is 3.43. The number of carbonyl (C=O) groups is 1. The Balaban J connectivity index is 1.78. The molecule has 2 amide bonds. The van der Waals surface area contributed by atoms with Crippen LogP contribution in [0.1, 0.15) is 34.2 Å². The second kappa shape index (κ2) is 8.21. The Hall–Kier alpha value is -3.56. The fourth-order valence-corrected chi connectivity index (χ4v) is 4.16. The number of hydrazone groups is 1. The van der Waals surface area contributed by atoms with Crippen molar-refractivity contribution in [3.63, 3.8) is 0 Å². The number of aromatic nitrogens is 1. The SMILES string of the molecule is NN=C(NN)c1ccc(C2NC(=O)N=C(c3cccnc3)C2c2ccsc2)cc1. The van der Waals surface area contributed by atoms with Crippen LogP contribution in [0.2, 0.25) is 0 Å². The minimum absolute atomic E-state index is 0.149. The van der Waals surface area contributed by atoms with Crippen LogP contribution in [0.25, 0.3) is 0 Å². The van der Waals surface area contributed by atoms with Crippen molar-refractivity contribution < 1.29 is 4.79 Å². The fourth-order valence-electron chi connectivity index (χ4n) is 3.47. The molecule has 2 aromatic heterocycles. The summed E-state index contributed by atoms with van der Waals surface area (Å²) in [6.45, 7) is 0. The Morgan fingerprint density at radius 3 is 2.62 bits per heavy atom. The van der Waals surface area contributed by atoms with Crippen LogP contribution in [0.3, 0.4) is 0 Å². The van der Waals surface area contributed by atoms with E-state index < -0.39 is 0 Å². The molecule has 0 spiro atoms. The van der Waals surface area contributed by atoms with Gasteiger partial charge < -0.3 is 16.6 Å². The Labute approximate surface area is 171 Å². The average molecular weight is 405 g/mol. The molecule has 0 saturated carbocycles. The number of nitrogens with zero attached hydrogens (tertiary/aromatic N) is 3. The van der Waals surface area contributed by atoms with Gasteiger partial charge in [0, 0.05) is 23.5 Å². The number of aliphatic imine (C=N–C) groups is 1. The third kappa shape index (κ3) is 3.73. The van der Waals surface area contributed by atoms with E-state index in [1.165, 1.54) is 0 Å². The van der Waals surface area contributed by atoms with Crippen molar-refractivity contribution in [2.75, 3.05) is 0 Å². The average Bonchev–Trinajstić information content (AvgIpc) is 3.29. The lowest BCUT2D eigenvalue weighted by Gasteiger charge is -2.32. The fraction of sp³-hybridized carbons (Fsp3) is 0.100. The van der Waals surface area contributed by atoms with E-state index in [0.717, 1.165) is 22.3 Å². The first-order valence-corrected chi connectivity index (χ1v) is 9.82. The summed E-state index contributed by atoms with van der Waals surface area (Å²) in [5.74, 6) is 11.0. The molecule has 146 valence electrons. The molecule has 2 unspecified atom stereocenters. The first kappa shape index (κ1) is 18.8. The maximum absolute atomic E-state index is 12.4. The summed E-state index contributed by atoms with van der Waals surface area (Å²) in [7, 11) is 0. The van der Waals surface area contributed by atoms with E-state index in [4.69, 9.17) is 11.7 Å². The normalized spacial score (nSPS) is 19.4. The van der Waals surface area contributed by atoms with E-state index in [9.17, 15) is 4.79 Å². The Morgan fingerprint density at radius 1 is 1.17 bits per heavy atom. The molecule has 29 heavy (non-hydrogen) atoms. The van der Waals surface area contributed by atoms with Gasteiger partial charge in [-0.1, -0.05) is 30.3 Å². The molecular weight excluding hydrogens is 386 g/mol. The maximum atomic E-state index is 12.4. The van der Waals surface area contributed by atoms with Crippen LogP contribution in [0.5, 0.6) is 0 Å². The van der Waals surface area contributed by atoms with Gasteiger partial charge in [0.15, 0.2) is 5.84 Å². The molecule has 2 atom stereocenters. The van der Waals surface area contributed by atoms with Crippen molar-refractivity contribution in [3.8, 4) is 0 Å². The molecule has 6 N–H and O–H groups in total. The van der Waals surface area contributed by atoms with Gasteiger partial charge in [-0.05, 0) is 34.0 Å². The molecule has 4 rings (SSSR count). The van der Waals surface area contributed by atoms with Crippen LogP contribution in [0.15, 0.2) is 75.7 Å². The smallest absolute Gasteiger partial charge is 0.328 e. The summed E-state index contributed by atoms with van der Waals surface area (Å²) in [4.78, 5) is 20.9. The highest BCUT2D eigenvalue weighted by atomic mass is 32.1. The number of hydrogen-bond acceptors (Lipinski definition) is 6. The highest BCUT2D eigenvalue weighted by molar-refractivity contribution is 7.08. The van der Waals surface area contributed by atoms with E-state index in [1.807, 2.05) is 41.8 Å². The Morgan fingerprint density at radius 2 is 2.00 bits per heavy atom. The van der Waals surface area contributed by atoms with Gasteiger partial charge in [-0.3, -0.25) is 4.98 Å². The molecule has 0 saturated heterocycles. The van der Waals surface area contributed by atoms with E-state index in [-0.39, 0.29) is 18.0 Å². The van der Waals surface area contributed by atoms with Gasteiger partial charge in [0.1, 0.15) is 0 Å². The number of hydrogen-bond donors (Lipinski definition) is 4. The number of rotatable bonds is 4. The van der Waals surface area contributed by atoms with Crippen molar-refractivity contribution in [1.29, 1.82) is 0 Å². The van der Waals surface area contributed by atoms with Crippen molar-refractivity contribution >= 4 is 28.9 Å². The molecule has 3 aromatic rings. The number of pyridine rings is 1. The van der Waals surface area contributed by atoms with Gasteiger partial charge >= 0.3 is 6.03 Å². The van der Waals surface area contributed by atoms with Gasteiger partial charge in [-0.15, -0.1) is 0 Å². The zero-order valence-corrected chi connectivity index (χ0v) is 16.1. The topological polar surface area (TPSA) is 131 Å². The third-order valence-corrected chi connectivity index (χ3v) is 5.50. The summed E-state index contributed by atoms with van der Waals surface area (Å²) < 4.78 is 0. The van der Waals surface area contributed by atoms with Crippen molar-refractivity contribution in [3.05, 3.63) is 87.9 Å². The minimum atomic E-state index is -0.378. The van der Waals surface area contributed by atoms with Gasteiger partial charge in [-0.2, -0.15) is 21.4 Å². The number of benzene rings is 1. The zero-order valence-electron chi connectivity index (χ0n) is 15.3. The lowest BCUT2D eigenvalue weighted by atomic mass is 9.81. The molecule has 8 nitrogen and oxygen atoms in total. The Bertz CT molecular complexity index is 1050. The predicted octanol–water partition coefficient (Wildman–Crippen LogP) is 2.26. The molecule has 3 heterocycles. The summed E-state index contributed by atoms with van der Waals surface area (Å²) in [5.41, 5.74) is 6.75. The number of thiophene rings is 1. The number of urea groups is 1. The summed E-state index contributed by atoms with van der Waals surface area (Å²) >= 11 is 1.61. The number of amidine groups is 1. The van der Waals surface area contributed by atoms with Gasteiger partial charge in [-0.25, -0.2) is 10.6 Å². The molecular formula is C20H19N7OS. The molecule has 1 aliphatic heterocycles. The quantitative estimate of drug-likeness (QED) is 0.229. The molecule has 0 aliphatic carbocycles. The highest BCUT2D eigenvalue weighted by Gasteiger charge is 2.35. The number of nitrogens with two attached hydrogens (primary N) is 2. The maximum Gasteiger partial charge on any atom is 0.341 e. The van der Waals surface area contributed by atoms with Crippen LogP contribution in [0, 0.1) is 0 Å². The molecule has 0 fully saturated rings. The van der Waals surface area contributed by atoms with Crippen LogP contribution in [-0.4, -0.2) is 22.6 Å². The van der Waals surface area contributed by atoms with Crippen LogP contribution < -0.4 is 22.4 Å². The summed E-state index contributed by atoms with van der Waals surface area (Å²) in [5, 5.41) is 10.7. The highest BCUT2D eigenvalue weighted by Crippen LogP contribution is 2.37. The minimum Gasteiger partial charge on any atom is -0.328 e. The number of nitrogens with one attached hydrogen (secondary N) is 2. The van der Waals surface area contributed by atoms with Crippen molar-refractivity contribution in [2.45, 2.75) is 12.0 Å². The Kier molecular flexibility index (Phi) is 5.32. The van der Waals surface area contributed by atoms with Crippen molar-refractivity contribution in [2.24, 2.45) is 21.8 Å². The second-order valence-corrected chi connectivity index (χ2v) is 7.22. The lowest BCUT2D eigenvalue weighted by Crippen LogP contribution is -2.40. The van der Waals surface area contributed by atoms with Gasteiger partial charge in [0.2, 0.25) is 0 Å². The molecule has 1 aliphatic rings. The molecule has 9 heteroatoms. The van der Waals surface area contributed by atoms with Crippen LogP contribution in [0.4, 0.5) is 4.79 Å². The lowest BCUT2D eigenvalue weighted by molar-refractivity contribution is 0.243. The first-order chi connectivity index (χ1) is 14.2. The molecule has 0 bridgehead atoms. The largest absolute Gasteiger partial charge is 0.341 e. The number of hydrazine groups is 1. The predicted molar refractivity (Wildman–Crippen MR) is 114 cm³/mol. The van der Waals surface area contributed by atoms with E-state index in [2.05, 4.69) is 37.3 Å². The van der Waals surface area contributed by atoms with E-state index in [1.54, 1.807) is 23.7 Å². The summed E-state index contributed by atoms with van der Waals surface area (Å²) in [6, 6.07) is 12.7. The number of carbonyl (C=O) groups excluding carboxylic acids is 1. The third-order valence-electron chi connectivity index (χ3n) is 4.80. The van der Waals surface area contributed by atoms with Gasteiger partial charge in [0.25, 0.3) is 0 Å². The molecule has 1 aromatic carbocycles. The van der Waals surface area contributed by atoms with E-state index in [0.29, 0.717) is 11.5 Å². The van der Waals surface area contributed by atoms with Crippen LogP contribution in [-0.2, 0) is 0 Å². The second-order valence-electron chi connectivity index (χ2n) is 6.44.